The standard InChI is InChI=1S/C22H26FNO2/c1-13-14(2)22(4)12-21(13,3)17-18(22)20(26)24(19(17)25)11-5-6-15-7-9-16(23)10-8-15/h7-10,17-18H,5-6,11-12H2,1-4H3. The summed E-state index contributed by atoms with van der Waals surface area (Å²) in [7, 11) is 0. The molecule has 26 heavy (non-hydrogen) atoms. The van der Waals surface area contributed by atoms with Gasteiger partial charge in [0.2, 0.25) is 11.8 Å². The third kappa shape index (κ3) is 2.11. The fourth-order valence-electron chi connectivity index (χ4n) is 5.89. The number of carbonyl (C=O) groups excluding carboxylic acids is 2. The monoisotopic (exact) mass is 355 g/mol. The molecule has 0 radical (unpaired) electrons. The molecular weight excluding hydrogens is 329 g/mol. The maximum atomic E-state index is 13.1. The third-order valence-electron chi connectivity index (χ3n) is 7.54. The van der Waals surface area contributed by atoms with E-state index in [0.29, 0.717) is 13.0 Å². The molecule has 1 aliphatic heterocycles. The summed E-state index contributed by atoms with van der Waals surface area (Å²) in [5.41, 5.74) is 3.27. The Bertz CT molecular complexity index is 785. The Balaban J connectivity index is 1.51. The number of aryl methyl sites for hydroxylation is 1. The minimum absolute atomic E-state index is 0.0113. The molecule has 1 heterocycles. The normalized spacial score (nSPS) is 35.7. The minimum atomic E-state index is -0.248. The molecule has 1 saturated carbocycles. The fraction of sp³-hybridized carbons (Fsp3) is 0.545. The van der Waals surface area contributed by atoms with Crippen LogP contribution in [0.4, 0.5) is 4.39 Å². The summed E-state index contributed by atoms with van der Waals surface area (Å²) in [6.45, 7) is 9.04. The molecule has 1 saturated heterocycles. The highest BCUT2D eigenvalue weighted by Crippen LogP contribution is 2.71. The van der Waals surface area contributed by atoms with Crippen molar-refractivity contribution in [3.8, 4) is 0 Å². The number of amides is 2. The summed E-state index contributed by atoms with van der Waals surface area (Å²) in [4.78, 5) is 27.7. The van der Waals surface area contributed by atoms with Crippen LogP contribution >= 0.6 is 0 Å². The van der Waals surface area contributed by atoms with Gasteiger partial charge in [0.1, 0.15) is 5.82 Å². The van der Waals surface area contributed by atoms with Crippen molar-refractivity contribution in [2.45, 2.75) is 47.0 Å². The van der Waals surface area contributed by atoms with E-state index in [-0.39, 0.29) is 40.3 Å². The first-order chi connectivity index (χ1) is 12.2. The van der Waals surface area contributed by atoms with Crippen LogP contribution in [0, 0.1) is 28.5 Å². The largest absolute Gasteiger partial charge is 0.282 e. The van der Waals surface area contributed by atoms with Crippen molar-refractivity contribution in [1.82, 2.24) is 4.90 Å². The van der Waals surface area contributed by atoms with Crippen molar-refractivity contribution < 1.29 is 14.0 Å². The number of likely N-dealkylation sites (tertiary alicyclic amines) is 1. The van der Waals surface area contributed by atoms with Crippen molar-refractivity contribution in [3.05, 3.63) is 46.8 Å². The summed E-state index contributed by atoms with van der Waals surface area (Å²) in [6.07, 6.45) is 2.35. The van der Waals surface area contributed by atoms with Crippen LogP contribution in [0.1, 0.15) is 46.1 Å². The average molecular weight is 355 g/mol. The number of halogens is 1. The molecule has 0 aromatic heterocycles. The van der Waals surface area contributed by atoms with Crippen LogP contribution in [-0.2, 0) is 16.0 Å². The summed E-state index contributed by atoms with van der Waals surface area (Å²) in [5, 5.41) is 0. The van der Waals surface area contributed by atoms with E-state index in [1.54, 1.807) is 12.1 Å². The van der Waals surface area contributed by atoms with Gasteiger partial charge >= 0.3 is 0 Å². The van der Waals surface area contributed by atoms with E-state index in [9.17, 15) is 14.0 Å². The Morgan fingerprint density at radius 2 is 1.50 bits per heavy atom. The van der Waals surface area contributed by atoms with Gasteiger partial charge in [-0.2, -0.15) is 0 Å². The van der Waals surface area contributed by atoms with E-state index in [2.05, 4.69) is 27.7 Å². The van der Waals surface area contributed by atoms with Crippen molar-refractivity contribution in [1.29, 1.82) is 0 Å². The first-order valence-electron chi connectivity index (χ1n) is 9.48. The zero-order valence-corrected chi connectivity index (χ0v) is 15.9. The van der Waals surface area contributed by atoms with E-state index < -0.39 is 0 Å². The lowest BCUT2D eigenvalue weighted by Gasteiger charge is -2.34. The number of carbonyl (C=O) groups is 2. The maximum Gasteiger partial charge on any atom is 0.234 e. The number of hydrogen-bond acceptors (Lipinski definition) is 2. The lowest BCUT2D eigenvalue weighted by molar-refractivity contribution is -0.141. The van der Waals surface area contributed by atoms with Crippen LogP contribution in [0.15, 0.2) is 35.4 Å². The molecule has 4 rings (SSSR count). The lowest BCUT2D eigenvalue weighted by atomic mass is 9.66. The molecule has 4 heteroatoms. The summed E-state index contributed by atoms with van der Waals surface area (Å²) >= 11 is 0. The van der Waals surface area contributed by atoms with Crippen LogP contribution in [0.5, 0.6) is 0 Å². The molecule has 0 spiro atoms. The second-order valence-electron chi connectivity index (χ2n) is 8.78. The van der Waals surface area contributed by atoms with Crippen LogP contribution in [0.3, 0.4) is 0 Å². The Labute approximate surface area is 154 Å². The van der Waals surface area contributed by atoms with Crippen molar-refractivity contribution in [2.75, 3.05) is 6.54 Å². The number of allylic oxidation sites excluding steroid dienone is 2. The van der Waals surface area contributed by atoms with Gasteiger partial charge in [0.05, 0.1) is 11.8 Å². The Morgan fingerprint density at radius 3 is 2.00 bits per heavy atom. The lowest BCUT2D eigenvalue weighted by Crippen LogP contribution is -2.36. The molecule has 1 aromatic rings. The van der Waals surface area contributed by atoms with Gasteiger partial charge in [0.15, 0.2) is 0 Å². The van der Waals surface area contributed by atoms with Crippen LogP contribution in [0.25, 0.3) is 0 Å². The number of imide groups is 1. The molecule has 1 aromatic carbocycles. The topological polar surface area (TPSA) is 37.4 Å². The molecule has 3 aliphatic rings. The van der Waals surface area contributed by atoms with E-state index in [4.69, 9.17) is 0 Å². The molecule has 2 bridgehead atoms. The van der Waals surface area contributed by atoms with Gasteiger partial charge in [0, 0.05) is 17.4 Å². The molecule has 2 fully saturated rings. The summed E-state index contributed by atoms with van der Waals surface area (Å²) in [6, 6.07) is 6.41. The van der Waals surface area contributed by atoms with Crippen molar-refractivity contribution in [2.24, 2.45) is 22.7 Å². The Morgan fingerprint density at radius 1 is 1.00 bits per heavy atom. The second-order valence-corrected chi connectivity index (χ2v) is 8.78. The zero-order chi connectivity index (χ0) is 18.9. The van der Waals surface area contributed by atoms with Crippen LogP contribution in [0.2, 0.25) is 0 Å². The quantitative estimate of drug-likeness (QED) is 0.602. The van der Waals surface area contributed by atoms with Gasteiger partial charge in [0.25, 0.3) is 0 Å². The Kier molecular flexibility index (Phi) is 3.70. The first-order valence-corrected chi connectivity index (χ1v) is 9.48. The first kappa shape index (κ1) is 17.4. The predicted octanol–water partition coefficient (Wildman–Crippen LogP) is 4.13. The summed E-state index contributed by atoms with van der Waals surface area (Å²) < 4.78 is 13.0. The van der Waals surface area contributed by atoms with Crippen molar-refractivity contribution in [3.63, 3.8) is 0 Å². The molecule has 4 unspecified atom stereocenters. The van der Waals surface area contributed by atoms with E-state index in [1.165, 1.54) is 28.2 Å². The van der Waals surface area contributed by atoms with Gasteiger partial charge in [-0.15, -0.1) is 0 Å². The molecule has 138 valence electrons. The highest BCUT2D eigenvalue weighted by molar-refractivity contribution is 6.07. The number of nitrogens with zero attached hydrogens (tertiary/aromatic N) is 1. The highest BCUT2D eigenvalue weighted by atomic mass is 19.1. The second kappa shape index (κ2) is 5.51. The zero-order valence-electron chi connectivity index (χ0n) is 15.9. The molecular formula is C22H26FNO2. The number of fused-ring (bicyclic) bond motifs is 5. The molecule has 4 atom stereocenters. The molecule has 3 nitrogen and oxygen atoms in total. The van der Waals surface area contributed by atoms with Crippen LogP contribution in [-0.4, -0.2) is 23.3 Å². The fourth-order valence-corrected chi connectivity index (χ4v) is 5.89. The predicted molar refractivity (Wildman–Crippen MR) is 97.6 cm³/mol. The van der Waals surface area contributed by atoms with Gasteiger partial charge < -0.3 is 0 Å². The molecule has 0 N–H and O–H groups in total. The van der Waals surface area contributed by atoms with Gasteiger partial charge in [-0.05, 0) is 50.8 Å². The van der Waals surface area contributed by atoms with Gasteiger partial charge in [-0.1, -0.05) is 37.1 Å². The number of rotatable bonds is 4. The maximum absolute atomic E-state index is 13.1. The van der Waals surface area contributed by atoms with Gasteiger partial charge in [-0.25, -0.2) is 4.39 Å². The van der Waals surface area contributed by atoms with Crippen LogP contribution < -0.4 is 0 Å². The SMILES string of the molecule is CC1=C(C)C2(C)CC1(C)C1C(=O)N(CCCc3ccc(F)cc3)C(=O)C12. The van der Waals surface area contributed by atoms with Gasteiger partial charge in [-0.3, -0.25) is 14.5 Å². The smallest absolute Gasteiger partial charge is 0.234 e. The average Bonchev–Trinajstić information content (AvgIpc) is 3.08. The Hall–Kier alpha value is -1.97. The van der Waals surface area contributed by atoms with E-state index in [0.717, 1.165) is 18.4 Å². The molecule has 2 amide bonds. The highest BCUT2D eigenvalue weighted by Gasteiger charge is 2.71. The minimum Gasteiger partial charge on any atom is -0.282 e. The molecule has 2 aliphatic carbocycles. The third-order valence-corrected chi connectivity index (χ3v) is 7.54. The van der Waals surface area contributed by atoms with E-state index in [1.807, 2.05) is 0 Å². The van der Waals surface area contributed by atoms with Crippen molar-refractivity contribution >= 4 is 11.8 Å². The number of benzene rings is 1. The number of hydrogen-bond donors (Lipinski definition) is 0. The summed E-state index contributed by atoms with van der Waals surface area (Å²) in [5.74, 6) is -0.625. The van der Waals surface area contributed by atoms with E-state index >= 15 is 0 Å².